The summed E-state index contributed by atoms with van der Waals surface area (Å²) in [5, 5.41) is 1.64. The zero-order valence-corrected chi connectivity index (χ0v) is 23.8. The number of fused-ring (bicyclic) bond motifs is 1. The Bertz CT molecular complexity index is 1700. The average molecular weight is 575 g/mol. The quantitative estimate of drug-likeness (QED) is 0.258. The summed E-state index contributed by atoms with van der Waals surface area (Å²) >= 11 is 0. The van der Waals surface area contributed by atoms with Gasteiger partial charge in [0.05, 0.1) is 38.3 Å². The van der Waals surface area contributed by atoms with Gasteiger partial charge in [0.25, 0.3) is 5.91 Å². The molecular formula is C31H30N2O7S. The third kappa shape index (κ3) is 5.48. The predicted octanol–water partition coefficient (Wildman–Crippen LogP) is 4.43. The second-order valence-electron chi connectivity index (χ2n) is 9.55. The minimum Gasteiger partial charge on any atom is -0.497 e. The van der Waals surface area contributed by atoms with Crippen LogP contribution in [0.5, 0.6) is 17.2 Å². The number of hydrogen-bond donors (Lipinski definition) is 0. The number of carbonyl (C=O) groups excluding carboxylic acids is 2. The van der Waals surface area contributed by atoms with Gasteiger partial charge in [0.1, 0.15) is 11.8 Å². The van der Waals surface area contributed by atoms with E-state index in [-0.39, 0.29) is 24.3 Å². The van der Waals surface area contributed by atoms with Crippen LogP contribution in [-0.2, 0) is 26.0 Å². The standard InChI is InChI=1S/C31H30N2O7S/c1-38-25-12-10-24(11-13-25)33-30(34)20-27(31(33)35)32(17-16-21-8-15-28(39-2)29(18-21)40-3)41(36,37)26-14-9-22-6-4-5-7-23(22)19-26/h4-15,18-19,27H,16-17,20H2,1-3H3. The van der Waals surface area contributed by atoms with E-state index in [4.69, 9.17) is 14.2 Å². The van der Waals surface area contributed by atoms with Crippen molar-refractivity contribution < 1.29 is 32.2 Å². The summed E-state index contributed by atoms with van der Waals surface area (Å²) in [6, 6.07) is 22.9. The molecule has 0 radical (unpaired) electrons. The van der Waals surface area contributed by atoms with Gasteiger partial charge >= 0.3 is 0 Å². The minimum absolute atomic E-state index is 0.0369. The van der Waals surface area contributed by atoms with E-state index in [1.165, 1.54) is 27.4 Å². The Morgan fingerprint density at radius 2 is 1.51 bits per heavy atom. The summed E-state index contributed by atoms with van der Waals surface area (Å²) in [4.78, 5) is 28.0. The number of ether oxygens (including phenoxy) is 3. The number of imide groups is 1. The first-order valence-electron chi connectivity index (χ1n) is 13.0. The van der Waals surface area contributed by atoms with Gasteiger partial charge in [0, 0.05) is 6.54 Å². The summed E-state index contributed by atoms with van der Waals surface area (Å²) in [6.07, 6.45) is -0.00270. The van der Waals surface area contributed by atoms with Crippen LogP contribution >= 0.6 is 0 Å². The average Bonchev–Trinajstić information content (AvgIpc) is 3.29. The highest BCUT2D eigenvalue weighted by atomic mass is 32.2. The summed E-state index contributed by atoms with van der Waals surface area (Å²) in [5.41, 5.74) is 1.14. The maximum atomic E-state index is 14.2. The molecule has 0 aromatic heterocycles. The molecule has 1 fully saturated rings. The molecule has 4 aromatic rings. The second-order valence-corrected chi connectivity index (χ2v) is 11.4. The highest BCUT2D eigenvalue weighted by molar-refractivity contribution is 7.89. The summed E-state index contributed by atoms with van der Waals surface area (Å²) in [5.74, 6) is 0.544. The second kappa shape index (κ2) is 11.6. The number of rotatable bonds is 10. The molecule has 1 aliphatic rings. The minimum atomic E-state index is -4.19. The number of carbonyl (C=O) groups is 2. The van der Waals surface area contributed by atoms with Crippen molar-refractivity contribution in [3.63, 3.8) is 0 Å². The Balaban J connectivity index is 1.52. The topological polar surface area (TPSA) is 102 Å². The van der Waals surface area contributed by atoms with Gasteiger partial charge in [-0.25, -0.2) is 13.3 Å². The molecule has 1 atom stereocenters. The molecule has 41 heavy (non-hydrogen) atoms. The molecule has 1 saturated heterocycles. The number of amides is 2. The van der Waals surface area contributed by atoms with Gasteiger partial charge in [-0.2, -0.15) is 4.31 Å². The van der Waals surface area contributed by atoms with E-state index in [2.05, 4.69) is 0 Å². The predicted molar refractivity (Wildman–Crippen MR) is 155 cm³/mol. The number of anilines is 1. The maximum Gasteiger partial charge on any atom is 0.252 e. The molecule has 0 N–H and O–H groups in total. The third-order valence-corrected chi connectivity index (χ3v) is 9.10. The molecule has 10 heteroatoms. The lowest BCUT2D eigenvalue weighted by atomic mass is 10.1. The van der Waals surface area contributed by atoms with Crippen LogP contribution in [0.4, 0.5) is 5.69 Å². The fraction of sp³-hybridized carbons (Fsp3) is 0.226. The molecule has 4 aromatic carbocycles. The highest BCUT2D eigenvalue weighted by Gasteiger charge is 2.46. The fourth-order valence-corrected chi connectivity index (χ4v) is 6.64. The summed E-state index contributed by atoms with van der Waals surface area (Å²) in [7, 11) is 0.386. The van der Waals surface area contributed by atoms with Gasteiger partial charge in [-0.3, -0.25) is 9.59 Å². The van der Waals surface area contributed by atoms with Crippen molar-refractivity contribution in [1.82, 2.24) is 4.31 Å². The lowest BCUT2D eigenvalue weighted by Gasteiger charge is -2.27. The Hall–Kier alpha value is -4.41. The number of nitrogens with zero attached hydrogens (tertiary/aromatic N) is 2. The lowest BCUT2D eigenvalue weighted by Crippen LogP contribution is -2.46. The molecular weight excluding hydrogens is 544 g/mol. The molecule has 1 heterocycles. The van der Waals surface area contributed by atoms with Crippen LogP contribution in [0, 0.1) is 0 Å². The van der Waals surface area contributed by atoms with Crippen LogP contribution in [0.3, 0.4) is 0 Å². The normalized spacial score (nSPS) is 15.5. The molecule has 0 aliphatic carbocycles. The Kier molecular flexibility index (Phi) is 7.96. The van der Waals surface area contributed by atoms with Gasteiger partial charge in [-0.05, 0) is 71.3 Å². The van der Waals surface area contributed by atoms with Crippen molar-refractivity contribution in [1.29, 1.82) is 0 Å². The molecule has 5 rings (SSSR count). The van der Waals surface area contributed by atoms with Gasteiger partial charge in [-0.1, -0.05) is 36.4 Å². The first-order chi connectivity index (χ1) is 19.8. The molecule has 212 valence electrons. The van der Waals surface area contributed by atoms with E-state index in [0.29, 0.717) is 22.9 Å². The Morgan fingerprint density at radius 3 is 2.20 bits per heavy atom. The van der Waals surface area contributed by atoms with Crippen LogP contribution in [0.25, 0.3) is 10.8 Å². The molecule has 9 nitrogen and oxygen atoms in total. The Morgan fingerprint density at radius 1 is 0.805 bits per heavy atom. The molecule has 2 amide bonds. The van der Waals surface area contributed by atoms with Crippen LogP contribution in [-0.4, -0.2) is 58.5 Å². The molecule has 1 unspecified atom stereocenters. The van der Waals surface area contributed by atoms with Crippen LogP contribution in [0.1, 0.15) is 12.0 Å². The number of hydrogen-bond acceptors (Lipinski definition) is 7. The molecule has 0 bridgehead atoms. The van der Waals surface area contributed by atoms with E-state index in [0.717, 1.165) is 25.5 Å². The van der Waals surface area contributed by atoms with Gasteiger partial charge in [-0.15, -0.1) is 0 Å². The van der Waals surface area contributed by atoms with Crippen molar-refractivity contribution in [2.45, 2.75) is 23.8 Å². The van der Waals surface area contributed by atoms with E-state index in [1.54, 1.807) is 48.5 Å². The van der Waals surface area contributed by atoms with E-state index >= 15 is 0 Å². The van der Waals surface area contributed by atoms with Gasteiger partial charge in [0.2, 0.25) is 15.9 Å². The Labute approximate surface area is 238 Å². The van der Waals surface area contributed by atoms with Crippen molar-refractivity contribution in [2.75, 3.05) is 32.8 Å². The first kappa shape index (κ1) is 28.1. The summed E-state index contributed by atoms with van der Waals surface area (Å²) in [6.45, 7) is -0.0369. The van der Waals surface area contributed by atoms with Crippen molar-refractivity contribution in [3.8, 4) is 17.2 Å². The monoisotopic (exact) mass is 574 g/mol. The zero-order valence-electron chi connectivity index (χ0n) is 22.9. The summed E-state index contributed by atoms with van der Waals surface area (Å²) < 4.78 is 45.4. The number of methoxy groups -OCH3 is 3. The van der Waals surface area contributed by atoms with Crippen molar-refractivity contribution >= 4 is 38.3 Å². The van der Waals surface area contributed by atoms with Crippen LogP contribution in [0.15, 0.2) is 89.8 Å². The number of sulfonamides is 1. The molecule has 0 saturated carbocycles. The van der Waals surface area contributed by atoms with Gasteiger partial charge in [0.15, 0.2) is 11.5 Å². The fourth-order valence-electron chi connectivity index (χ4n) is 5.03. The van der Waals surface area contributed by atoms with Crippen LogP contribution in [0.2, 0.25) is 0 Å². The highest BCUT2D eigenvalue weighted by Crippen LogP contribution is 2.32. The van der Waals surface area contributed by atoms with E-state index < -0.39 is 27.9 Å². The zero-order chi connectivity index (χ0) is 29.1. The smallest absolute Gasteiger partial charge is 0.252 e. The van der Waals surface area contributed by atoms with Crippen molar-refractivity contribution in [3.05, 3.63) is 90.5 Å². The number of benzene rings is 4. The molecule has 1 aliphatic heterocycles. The lowest BCUT2D eigenvalue weighted by molar-refractivity contribution is -0.122. The van der Waals surface area contributed by atoms with E-state index in [1.807, 2.05) is 30.3 Å². The third-order valence-electron chi connectivity index (χ3n) is 7.20. The maximum absolute atomic E-state index is 14.2. The molecule has 0 spiro atoms. The van der Waals surface area contributed by atoms with Crippen LogP contribution < -0.4 is 19.1 Å². The van der Waals surface area contributed by atoms with Gasteiger partial charge < -0.3 is 14.2 Å². The first-order valence-corrected chi connectivity index (χ1v) is 14.4. The SMILES string of the molecule is COc1ccc(N2C(=O)CC(N(CCc3ccc(OC)c(OC)c3)S(=O)(=O)c3ccc4ccccc4c3)C2=O)cc1. The van der Waals surface area contributed by atoms with E-state index in [9.17, 15) is 18.0 Å². The largest absolute Gasteiger partial charge is 0.497 e. The van der Waals surface area contributed by atoms with Crippen molar-refractivity contribution in [2.24, 2.45) is 0 Å².